The molecule has 8 nitrogen and oxygen atoms in total. The number of hydrogen-bond donors (Lipinski definition) is 2. The molecule has 0 fully saturated rings. The molecule has 1 rings (SSSR count). The van der Waals surface area contributed by atoms with Crippen molar-refractivity contribution >= 4 is 21.8 Å². The van der Waals surface area contributed by atoms with Crippen LogP contribution in [0.1, 0.15) is 5.56 Å². The first kappa shape index (κ1) is 17.7. The van der Waals surface area contributed by atoms with Crippen LogP contribution in [0, 0.1) is 0 Å². The molecule has 0 atom stereocenters. The summed E-state index contributed by atoms with van der Waals surface area (Å²) in [7, 11) is -3.18. The van der Waals surface area contributed by atoms with E-state index >= 15 is 0 Å². The molecule has 0 aliphatic rings. The largest absolute Gasteiger partial charge is 0.417 e. The van der Waals surface area contributed by atoms with E-state index in [2.05, 4.69) is 4.98 Å². The first-order chi connectivity index (χ1) is 9.93. The molecule has 0 saturated heterocycles. The van der Waals surface area contributed by atoms with Gasteiger partial charge in [-0.05, 0) is 12.1 Å². The maximum atomic E-state index is 12.3. The quantitative estimate of drug-likeness (QED) is 0.745. The molecule has 1 aromatic rings. The lowest BCUT2D eigenvalue weighted by Gasteiger charge is -2.15. The molecule has 122 valence electrons. The van der Waals surface area contributed by atoms with Gasteiger partial charge >= 0.3 is 12.2 Å². The van der Waals surface area contributed by atoms with Crippen LogP contribution in [0.5, 0.6) is 0 Å². The molecule has 0 aliphatic heterocycles. The van der Waals surface area contributed by atoms with Crippen molar-refractivity contribution in [2.24, 2.45) is 5.73 Å². The van der Waals surface area contributed by atoms with Crippen LogP contribution in [0.2, 0.25) is 0 Å². The van der Waals surface area contributed by atoms with Crippen LogP contribution in [-0.2, 0) is 20.8 Å². The normalized spacial score (nSPS) is 11.8. The summed E-state index contributed by atoms with van der Waals surface area (Å²) < 4.78 is 60.7. The summed E-state index contributed by atoms with van der Waals surface area (Å²) in [5, 5.41) is -0.143. The minimum absolute atomic E-state index is 0.348. The fourth-order valence-electron chi connectivity index (χ4n) is 1.25. The Morgan fingerprint density at radius 1 is 1.36 bits per heavy atom. The molecular weight excluding hydrogens is 329 g/mol. The van der Waals surface area contributed by atoms with Gasteiger partial charge in [0.05, 0.1) is 5.56 Å². The Bertz CT molecular complexity index is 672. The molecule has 0 aromatic carbocycles. The molecule has 3 N–H and O–H groups in total. The number of amides is 3. The van der Waals surface area contributed by atoms with Crippen LogP contribution in [0.25, 0.3) is 0 Å². The Balaban J connectivity index is 2.87. The second-order valence-corrected chi connectivity index (χ2v) is 6.01. The van der Waals surface area contributed by atoms with E-state index in [1.54, 1.807) is 0 Å². The standard InChI is InChI=1S/C10H11F3N4O4S/c1-17(9(14)19)16-7(18)5-22(20,21)8-3-2-6(4-15-8)10(11,12)13/h2-4H,5H2,1H3,(H2,14,19)(H,16,18). The van der Waals surface area contributed by atoms with Crippen LogP contribution in [0.3, 0.4) is 0 Å². The lowest BCUT2D eigenvalue weighted by atomic mass is 10.3. The smallest absolute Gasteiger partial charge is 0.350 e. The summed E-state index contributed by atoms with van der Waals surface area (Å²) in [6.07, 6.45) is -4.31. The third-order valence-corrected chi connectivity index (χ3v) is 3.85. The second kappa shape index (κ2) is 6.17. The van der Waals surface area contributed by atoms with Crippen LogP contribution < -0.4 is 11.2 Å². The predicted molar refractivity (Wildman–Crippen MR) is 66.8 cm³/mol. The van der Waals surface area contributed by atoms with Crippen LogP contribution in [-0.4, -0.2) is 43.1 Å². The Hall–Kier alpha value is -2.37. The van der Waals surface area contributed by atoms with Gasteiger partial charge in [0.25, 0.3) is 5.91 Å². The van der Waals surface area contributed by atoms with Crippen molar-refractivity contribution in [3.63, 3.8) is 0 Å². The highest BCUT2D eigenvalue weighted by molar-refractivity contribution is 7.92. The Morgan fingerprint density at radius 3 is 2.36 bits per heavy atom. The van der Waals surface area contributed by atoms with Crippen molar-refractivity contribution in [1.82, 2.24) is 15.4 Å². The van der Waals surface area contributed by atoms with E-state index < -0.39 is 44.3 Å². The summed E-state index contributed by atoms with van der Waals surface area (Å²) in [6.45, 7) is 0. The maximum absolute atomic E-state index is 12.3. The number of urea groups is 1. The first-order valence-corrected chi connectivity index (χ1v) is 7.17. The van der Waals surface area contributed by atoms with Crippen molar-refractivity contribution in [2.75, 3.05) is 12.8 Å². The molecule has 0 unspecified atom stereocenters. The van der Waals surface area contributed by atoms with Gasteiger partial charge in [-0.1, -0.05) is 0 Å². The molecule has 1 aromatic heterocycles. The number of nitrogens with zero attached hydrogens (tertiary/aromatic N) is 2. The minimum atomic E-state index is -4.66. The van der Waals surface area contributed by atoms with E-state index in [0.29, 0.717) is 23.3 Å². The third-order valence-electron chi connectivity index (χ3n) is 2.33. The zero-order valence-electron chi connectivity index (χ0n) is 11.1. The topological polar surface area (TPSA) is 122 Å². The Labute approximate surface area is 123 Å². The number of carbonyl (C=O) groups excluding carboxylic acids is 2. The highest BCUT2D eigenvalue weighted by Gasteiger charge is 2.31. The number of hydrogen-bond acceptors (Lipinski definition) is 5. The Kier molecular flexibility index (Phi) is 4.96. The summed E-state index contributed by atoms with van der Waals surface area (Å²) in [6, 6.07) is 0.148. The number of alkyl halides is 3. The van der Waals surface area contributed by atoms with E-state index in [1.165, 1.54) is 0 Å². The van der Waals surface area contributed by atoms with E-state index in [0.717, 1.165) is 7.05 Å². The van der Waals surface area contributed by atoms with Gasteiger partial charge in [0.1, 0.15) is 5.75 Å². The zero-order chi connectivity index (χ0) is 17.1. The first-order valence-electron chi connectivity index (χ1n) is 5.52. The maximum Gasteiger partial charge on any atom is 0.417 e. The zero-order valence-corrected chi connectivity index (χ0v) is 11.9. The van der Waals surface area contributed by atoms with E-state index in [4.69, 9.17) is 5.73 Å². The van der Waals surface area contributed by atoms with Gasteiger partial charge in [-0.15, -0.1) is 0 Å². The summed E-state index contributed by atoms with van der Waals surface area (Å²) in [5.74, 6) is -2.20. The van der Waals surface area contributed by atoms with Crippen molar-refractivity contribution in [3.05, 3.63) is 23.9 Å². The molecule has 1 heterocycles. The molecule has 0 saturated carbocycles. The van der Waals surface area contributed by atoms with Crippen molar-refractivity contribution in [2.45, 2.75) is 11.2 Å². The number of hydrazine groups is 1. The number of rotatable bonds is 3. The Morgan fingerprint density at radius 2 is 1.95 bits per heavy atom. The average molecular weight is 340 g/mol. The average Bonchev–Trinajstić information content (AvgIpc) is 2.36. The number of halogens is 3. The molecule has 0 spiro atoms. The van der Waals surface area contributed by atoms with Gasteiger partial charge in [-0.25, -0.2) is 23.2 Å². The fraction of sp³-hybridized carbons (Fsp3) is 0.300. The summed E-state index contributed by atoms with van der Waals surface area (Å²) in [5.41, 5.74) is 5.57. The summed E-state index contributed by atoms with van der Waals surface area (Å²) >= 11 is 0. The predicted octanol–water partition coefficient (Wildman–Crippen LogP) is -0.0842. The number of nitrogens with one attached hydrogen (secondary N) is 1. The molecule has 0 bridgehead atoms. The monoisotopic (exact) mass is 340 g/mol. The third kappa shape index (κ3) is 4.58. The SMILES string of the molecule is CN(NC(=O)CS(=O)(=O)c1ccc(C(F)(F)F)cn1)C(N)=O. The minimum Gasteiger partial charge on any atom is -0.350 e. The molecular formula is C10H11F3N4O4S. The number of aromatic nitrogens is 1. The van der Waals surface area contributed by atoms with Gasteiger partial charge < -0.3 is 5.73 Å². The van der Waals surface area contributed by atoms with Crippen molar-refractivity contribution in [1.29, 1.82) is 0 Å². The van der Waals surface area contributed by atoms with Gasteiger partial charge in [-0.3, -0.25) is 10.2 Å². The lowest BCUT2D eigenvalue weighted by molar-refractivity contribution is -0.137. The number of sulfone groups is 1. The van der Waals surface area contributed by atoms with E-state index in [1.807, 2.05) is 5.43 Å². The van der Waals surface area contributed by atoms with Gasteiger partial charge in [0.15, 0.2) is 5.03 Å². The molecule has 0 aliphatic carbocycles. The second-order valence-electron chi connectivity index (χ2n) is 4.07. The number of pyridine rings is 1. The highest BCUT2D eigenvalue weighted by Crippen LogP contribution is 2.28. The fourth-order valence-corrected chi connectivity index (χ4v) is 2.30. The van der Waals surface area contributed by atoms with Gasteiger partial charge in [-0.2, -0.15) is 13.2 Å². The molecule has 0 radical (unpaired) electrons. The van der Waals surface area contributed by atoms with E-state index in [9.17, 15) is 31.2 Å². The molecule has 22 heavy (non-hydrogen) atoms. The molecule has 12 heteroatoms. The summed E-state index contributed by atoms with van der Waals surface area (Å²) in [4.78, 5) is 25.3. The van der Waals surface area contributed by atoms with Crippen molar-refractivity contribution < 1.29 is 31.2 Å². The van der Waals surface area contributed by atoms with Crippen molar-refractivity contribution in [3.8, 4) is 0 Å². The van der Waals surface area contributed by atoms with Crippen LogP contribution in [0.15, 0.2) is 23.4 Å². The number of primary amides is 1. The number of nitrogens with two attached hydrogens (primary N) is 1. The molecule has 3 amide bonds. The van der Waals surface area contributed by atoms with Crippen LogP contribution in [0.4, 0.5) is 18.0 Å². The van der Waals surface area contributed by atoms with Crippen LogP contribution >= 0.6 is 0 Å². The highest BCUT2D eigenvalue weighted by atomic mass is 32.2. The van der Waals surface area contributed by atoms with Gasteiger partial charge in [0.2, 0.25) is 9.84 Å². The van der Waals surface area contributed by atoms with E-state index in [-0.39, 0.29) is 0 Å². The van der Waals surface area contributed by atoms with Gasteiger partial charge in [0, 0.05) is 13.2 Å². The number of carbonyl (C=O) groups is 2. The lowest BCUT2D eigenvalue weighted by Crippen LogP contribution is -2.47.